The summed E-state index contributed by atoms with van der Waals surface area (Å²) in [5.74, 6) is 0.477. The number of aliphatic hydroxyl groups is 1. The van der Waals surface area contributed by atoms with Crippen molar-refractivity contribution < 1.29 is 24.2 Å². The number of nitrogens with one attached hydrogen (secondary N) is 2. The minimum Gasteiger partial charge on any atom is -0.497 e. The molecule has 3 rings (SSSR count). The maximum Gasteiger partial charge on any atom is 0.319 e. The van der Waals surface area contributed by atoms with Gasteiger partial charge in [0.15, 0.2) is 0 Å². The van der Waals surface area contributed by atoms with Gasteiger partial charge in [-0.1, -0.05) is 48.6 Å². The quantitative estimate of drug-likeness (QED) is 0.326. The van der Waals surface area contributed by atoms with E-state index in [0.717, 1.165) is 22.6 Å². The number of anilines is 2. The second-order valence-electron chi connectivity index (χ2n) is 8.43. The molecule has 1 atom stereocenters. The van der Waals surface area contributed by atoms with E-state index in [1.54, 1.807) is 37.5 Å². The number of methoxy groups -OCH3 is 1. The Morgan fingerprint density at radius 1 is 1.00 bits per heavy atom. The summed E-state index contributed by atoms with van der Waals surface area (Å²) in [4.78, 5) is 25.1. The summed E-state index contributed by atoms with van der Waals surface area (Å²) in [6, 6.07) is 22.1. The Kier molecular flexibility index (Phi) is 10.1. The van der Waals surface area contributed by atoms with Crippen LogP contribution in [0.4, 0.5) is 16.2 Å². The zero-order valence-electron chi connectivity index (χ0n) is 21.3. The topological polar surface area (TPSA) is 100 Å². The number of likely N-dealkylation sites (N-methyl/N-ethyl adjacent to an activating group) is 1. The van der Waals surface area contributed by atoms with Crippen LogP contribution in [0.5, 0.6) is 5.75 Å². The second-order valence-corrected chi connectivity index (χ2v) is 8.43. The maximum absolute atomic E-state index is 12.2. The van der Waals surface area contributed by atoms with Crippen molar-refractivity contribution in [2.45, 2.75) is 19.6 Å². The molecule has 0 radical (unpaired) electrons. The molecule has 1 unspecified atom stereocenters. The van der Waals surface area contributed by atoms with Gasteiger partial charge in [0.25, 0.3) is 0 Å². The molecule has 2 amide bonds. The standard InChI is InChI=1S/C29H33N3O5/c1-21(33)37-19-18-32(2)26-13-4-22(5-14-26)8-17-28(34)24-9-11-25(12-10-24)31-29(35)30-20-23-6-15-27(36-3)16-7-23/h4-17,28,34H,18-20H2,1-3H3,(H2,30,31,35)/b17-8+. The number of urea groups is 1. The molecule has 0 aliphatic rings. The molecular formula is C29H33N3O5. The SMILES string of the molecule is COc1ccc(CNC(=O)Nc2ccc(C(O)/C=C/c3ccc(N(C)CCOC(C)=O)cc3)cc2)cc1. The van der Waals surface area contributed by atoms with E-state index in [9.17, 15) is 14.7 Å². The van der Waals surface area contributed by atoms with Crippen LogP contribution in [-0.4, -0.2) is 44.4 Å². The lowest BCUT2D eigenvalue weighted by Gasteiger charge is -2.19. The molecule has 0 fully saturated rings. The van der Waals surface area contributed by atoms with Crippen LogP contribution in [0.3, 0.4) is 0 Å². The first kappa shape index (κ1) is 27.3. The van der Waals surface area contributed by atoms with Crippen molar-refractivity contribution >= 4 is 29.5 Å². The van der Waals surface area contributed by atoms with Crippen molar-refractivity contribution in [3.05, 3.63) is 95.6 Å². The smallest absolute Gasteiger partial charge is 0.319 e. The highest BCUT2D eigenvalue weighted by atomic mass is 16.5. The summed E-state index contributed by atoms with van der Waals surface area (Å²) >= 11 is 0. The zero-order valence-corrected chi connectivity index (χ0v) is 21.3. The fourth-order valence-electron chi connectivity index (χ4n) is 3.47. The van der Waals surface area contributed by atoms with Crippen LogP contribution in [0.2, 0.25) is 0 Å². The van der Waals surface area contributed by atoms with E-state index in [1.807, 2.05) is 66.6 Å². The fraction of sp³-hybridized carbons (Fsp3) is 0.241. The summed E-state index contributed by atoms with van der Waals surface area (Å²) in [5.41, 5.74) is 4.24. The van der Waals surface area contributed by atoms with Crippen molar-refractivity contribution in [3.8, 4) is 5.75 Å². The first-order valence-corrected chi connectivity index (χ1v) is 11.9. The Morgan fingerprint density at radius 3 is 2.30 bits per heavy atom. The molecule has 3 aromatic carbocycles. The normalized spacial score (nSPS) is 11.6. The average molecular weight is 504 g/mol. The number of carbonyl (C=O) groups is 2. The Hall–Kier alpha value is -4.30. The lowest BCUT2D eigenvalue weighted by atomic mass is 10.1. The minimum atomic E-state index is -0.788. The molecule has 0 spiro atoms. The highest BCUT2D eigenvalue weighted by molar-refractivity contribution is 5.89. The van der Waals surface area contributed by atoms with Gasteiger partial charge in [-0.15, -0.1) is 0 Å². The molecule has 0 aromatic heterocycles. The Labute approximate surface area is 217 Å². The van der Waals surface area contributed by atoms with Crippen LogP contribution in [0, 0.1) is 0 Å². The number of esters is 1. The predicted molar refractivity (Wildman–Crippen MR) is 146 cm³/mol. The van der Waals surface area contributed by atoms with Gasteiger partial charge < -0.3 is 30.1 Å². The van der Waals surface area contributed by atoms with Gasteiger partial charge in [0.2, 0.25) is 0 Å². The third-order valence-electron chi connectivity index (χ3n) is 5.66. The van der Waals surface area contributed by atoms with Crippen LogP contribution >= 0.6 is 0 Å². The van der Waals surface area contributed by atoms with Crippen molar-refractivity contribution in [3.63, 3.8) is 0 Å². The lowest BCUT2D eigenvalue weighted by molar-refractivity contribution is -0.140. The molecular weight excluding hydrogens is 470 g/mol. The van der Waals surface area contributed by atoms with Gasteiger partial charge >= 0.3 is 12.0 Å². The first-order valence-electron chi connectivity index (χ1n) is 11.9. The third-order valence-corrected chi connectivity index (χ3v) is 5.66. The van der Waals surface area contributed by atoms with Gasteiger partial charge in [0.05, 0.1) is 19.8 Å². The molecule has 194 valence electrons. The number of benzene rings is 3. The van der Waals surface area contributed by atoms with E-state index in [4.69, 9.17) is 9.47 Å². The van der Waals surface area contributed by atoms with Gasteiger partial charge in [-0.2, -0.15) is 0 Å². The Balaban J connectivity index is 1.46. The van der Waals surface area contributed by atoms with E-state index in [-0.39, 0.29) is 12.0 Å². The molecule has 3 N–H and O–H groups in total. The molecule has 37 heavy (non-hydrogen) atoms. The minimum absolute atomic E-state index is 0.287. The van der Waals surface area contributed by atoms with Crippen LogP contribution in [-0.2, 0) is 16.1 Å². The van der Waals surface area contributed by atoms with Crippen molar-refractivity contribution in [2.75, 3.05) is 37.5 Å². The van der Waals surface area contributed by atoms with E-state index < -0.39 is 6.10 Å². The monoisotopic (exact) mass is 503 g/mol. The van der Waals surface area contributed by atoms with Gasteiger partial charge in [-0.05, 0) is 53.1 Å². The molecule has 0 heterocycles. The predicted octanol–water partition coefficient (Wildman–Crippen LogP) is 4.76. The molecule has 3 aromatic rings. The number of rotatable bonds is 11. The highest BCUT2D eigenvalue weighted by Crippen LogP contribution is 2.20. The van der Waals surface area contributed by atoms with Crippen molar-refractivity contribution in [1.82, 2.24) is 5.32 Å². The molecule has 0 saturated carbocycles. The van der Waals surface area contributed by atoms with Crippen molar-refractivity contribution in [2.24, 2.45) is 0 Å². The molecule has 8 nitrogen and oxygen atoms in total. The van der Waals surface area contributed by atoms with Gasteiger partial charge in [0.1, 0.15) is 12.4 Å². The third kappa shape index (κ3) is 9.01. The van der Waals surface area contributed by atoms with Crippen LogP contribution in [0.1, 0.15) is 29.7 Å². The number of nitrogens with zero attached hydrogens (tertiary/aromatic N) is 1. The Bertz CT molecular complexity index is 1180. The number of carbonyl (C=O) groups excluding carboxylic acids is 2. The van der Waals surface area contributed by atoms with E-state index in [0.29, 0.717) is 30.9 Å². The van der Waals surface area contributed by atoms with E-state index >= 15 is 0 Å². The second kappa shape index (κ2) is 13.7. The molecule has 0 aliphatic heterocycles. The maximum atomic E-state index is 12.2. The van der Waals surface area contributed by atoms with Gasteiger partial charge in [-0.3, -0.25) is 4.79 Å². The average Bonchev–Trinajstić information content (AvgIpc) is 2.91. The molecule has 0 aliphatic carbocycles. The lowest BCUT2D eigenvalue weighted by Crippen LogP contribution is -2.28. The summed E-state index contributed by atoms with van der Waals surface area (Å²) in [7, 11) is 3.54. The number of amides is 2. The zero-order chi connectivity index (χ0) is 26.6. The van der Waals surface area contributed by atoms with E-state index in [1.165, 1.54) is 6.92 Å². The number of hydrogen-bond donors (Lipinski definition) is 3. The van der Waals surface area contributed by atoms with Gasteiger partial charge in [0, 0.05) is 31.9 Å². The number of ether oxygens (including phenoxy) is 2. The summed E-state index contributed by atoms with van der Waals surface area (Å²) in [6.45, 7) is 2.72. The van der Waals surface area contributed by atoms with Crippen LogP contribution in [0.15, 0.2) is 78.9 Å². The highest BCUT2D eigenvalue weighted by Gasteiger charge is 2.07. The fourth-order valence-corrected chi connectivity index (χ4v) is 3.47. The van der Waals surface area contributed by atoms with Gasteiger partial charge in [-0.25, -0.2) is 4.79 Å². The Morgan fingerprint density at radius 2 is 1.68 bits per heavy atom. The first-order chi connectivity index (χ1) is 17.8. The summed E-state index contributed by atoms with van der Waals surface area (Å²) in [6.07, 6.45) is 2.78. The summed E-state index contributed by atoms with van der Waals surface area (Å²) < 4.78 is 10.1. The number of aliphatic hydroxyl groups excluding tert-OH is 1. The number of hydrogen-bond acceptors (Lipinski definition) is 6. The molecule has 0 bridgehead atoms. The van der Waals surface area contributed by atoms with Crippen LogP contribution in [0.25, 0.3) is 6.08 Å². The van der Waals surface area contributed by atoms with Crippen molar-refractivity contribution in [1.29, 1.82) is 0 Å². The molecule has 8 heteroatoms. The van der Waals surface area contributed by atoms with E-state index in [2.05, 4.69) is 10.6 Å². The molecule has 0 saturated heterocycles. The van der Waals surface area contributed by atoms with Crippen LogP contribution < -0.4 is 20.3 Å². The largest absolute Gasteiger partial charge is 0.497 e. The summed E-state index contributed by atoms with van der Waals surface area (Å²) in [5, 5.41) is 16.1.